The zero-order valence-electron chi connectivity index (χ0n) is 11.1. The van der Waals surface area contributed by atoms with Crippen molar-refractivity contribution in [3.8, 4) is 11.5 Å². The molecule has 5 heteroatoms. The van der Waals surface area contributed by atoms with E-state index in [0.29, 0.717) is 27.1 Å². The number of aliphatic hydroxyl groups is 1. The molecule has 2 aromatic carbocycles. The van der Waals surface area contributed by atoms with Crippen molar-refractivity contribution in [3.05, 3.63) is 57.8 Å². The highest BCUT2D eigenvalue weighted by atomic mass is 79.9. The molecule has 20 heavy (non-hydrogen) atoms. The Labute approximate surface area is 125 Å². The number of rotatable bonds is 4. The summed E-state index contributed by atoms with van der Waals surface area (Å²) >= 11 is 3.36. The highest BCUT2D eigenvalue weighted by Gasteiger charge is 2.17. The largest absolute Gasteiger partial charge is 0.496 e. The van der Waals surface area contributed by atoms with E-state index in [0.717, 1.165) is 0 Å². The predicted molar refractivity (Wildman–Crippen MR) is 77.7 cm³/mol. The number of methoxy groups -OCH3 is 2. The number of hydrogen-bond acceptors (Lipinski definition) is 3. The third-order valence-corrected chi connectivity index (χ3v) is 3.60. The van der Waals surface area contributed by atoms with Crippen LogP contribution in [0.1, 0.15) is 17.2 Å². The lowest BCUT2D eigenvalue weighted by atomic mass is 10.0. The van der Waals surface area contributed by atoms with Crippen LogP contribution in [0.2, 0.25) is 0 Å². The summed E-state index contributed by atoms with van der Waals surface area (Å²) in [5.74, 6) is 0.672. The molecule has 0 bridgehead atoms. The maximum atomic E-state index is 13.4. The van der Waals surface area contributed by atoms with E-state index < -0.39 is 11.9 Å². The van der Waals surface area contributed by atoms with E-state index in [4.69, 9.17) is 9.47 Å². The van der Waals surface area contributed by atoms with E-state index in [2.05, 4.69) is 15.9 Å². The van der Waals surface area contributed by atoms with E-state index in [9.17, 15) is 9.50 Å². The molecule has 0 aliphatic carbocycles. The van der Waals surface area contributed by atoms with Crippen molar-refractivity contribution in [1.82, 2.24) is 0 Å². The molecular formula is C15H14BrFO3. The number of aliphatic hydroxyl groups excluding tert-OH is 1. The molecule has 2 aromatic rings. The third kappa shape index (κ3) is 2.94. The van der Waals surface area contributed by atoms with Crippen LogP contribution in [-0.2, 0) is 0 Å². The Morgan fingerprint density at radius 2 is 1.70 bits per heavy atom. The number of halogens is 2. The van der Waals surface area contributed by atoms with E-state index in [-0.39, 0.29) is 0 Å². The first-order chi connectivity index (χ1) is 9.56. The quantitative estimate of drug-likeness (QED) is 0.922. The summed E-state index contributed by atoms with van der Waals surface area (Å²) in [6, 6.07) is 9.23. The summed E-state index contributed by atoms with van der Waals surface area (Å²) in [4.78, 5) is 0. The minimum absolute atomic E-state index is 0.379. The Kier molecular flexibility index (Phi) is 4.62. The van der Waals surface area contributed by atoms with E-state index in [1.807, 2.05) is 0 Å². The smallest absolute Gasteiger partial charge is 0.133 e. The van der Waals surface area contributed by atoms with Gasteiger partial charge in [0.05, 0.1) is 18.7 Å². The molecule has 2 rings (SSSR count). The van der Waals surface area contributed by atoms with Crippen LogP contribution in [0.25, 0.3) is 0 Å². The molecule has 0 fully saturated rings. The molecule has 0 aliphatic heterocycles. The Bertz CT molecular complexity index is 616. The van der Waals surface area contributed by atoms with Crippen molar-refractivity contribution in [3.63, 3.8) is 0 Å². The van der Waals surface area contributed by atoms with Gasteiger partial charge in [0, 0.05) is 5.56 Å². The van der Waals surface area contributed by atoms with Gasteiger partial charge in [0.15, 0.2) is 0 Å². The molecule has 1 unspecified atom stereocenters. The first-order valence-electron chi connectivity index (χ1n) is 5.91. The molecule has 0 spiro atoms. The lowest BCUT2D eigenvalue weighted by molar-refractivity contribution is 0.214. The molecule has 1 N–H and O–H groups in total. The topological polar surface area (TPSA) is 38.7 Å². The zero-order chi connectivity index (χ0) is 14.7. The monoisotopic (exact) mass is 340 g/mol. The van der Waals surface area contributed by atoms with Crippen molar-refractivity contribution in [2.45, 2.75) is 6.10 Å². The second kappa shape index (κ2) is 6.24. The first kappa shape index (κ1) is 14.8. The Morgan fingerprint density at radius 1 is 1.05 bits per heavy atom. The minimum Gasteiger partial charge on any atom is -0.496 e. The van der Waals surface area contributed by atoms with Crippen LogP contribution in [0.4, 0.5) is 4.39 Å². The van der Waals surface area contributed by atoms with E-state index >= 15 is 0 Å². The second-order valence-electron chi connectivity index (χ2n) is 4.18. The molecule has 0 saturated carbocycles. The van der Waals surface area contributed by atoms with E-state index in [1.54, 1.807) is 25.3 Å². The fraction of sp³-hybridized carbons (Fsp3) is 0.200. The fourth-order valence-corrected chi connectivity index (χ4v) is 2.51. The lowest BCUT2D eigenvalue weighted by Crippen LogP contribution is -2.03. The maximum absolute atomic E-state index is 13.4. The summed E-state index contributed by atoms with van der Waals surface area (Å²) in [6.45, 7) is 0. The average Bonchev–Trinajstić information content (AvgIpc) is 2.46. The van der Waals surface area contributed by atoms with Crippen LogP contribution in [0.5, 0.6) is 11.5 Å². The van der Waals surface area contributed by atoms with Gasteiger partial charge in [-0.3, -0.25) is 0 Å². The summed E-state index contributed by atoms with van der Waals surface area (Å²) < 4.78 is 24.4. The van der Waals surface area contributed by atoms with Gasteiger partial charge in [0.25, 0.3) is 0 Å². The van der Waals surface area contributed by atoms with Gasteiger partial charge in [0.2, 0.25) is 0 Å². The Hall–Kier alpha value is -1.59. The minimum atomic E-state index is -0.983. The average molecular weight is 341 g/mol. The fourth-order valence-electron chi connectivity index (χ4n) is 1.95. The van der Waals surface area contributed by atoms with Gasteiger partial charge in [-0.1, -0.05) is 6.07 Å². The van der Waals surface area contributed by atoms with Crippen molar-refractivity contribution >= 4 is 15.9 Å². The molecule has 3 nitrogen and oxygen atoms in total. The third-order valence-electron chi connectivity index (χ3n) is 2.98. The maximum Gasteiger partial charge on any atom is 0.133 e. The number of ether oxygens (including phenoxy) is 2. The number of hydrogen-bond donors (Lipinski definition) is 1. The van der Waals surface area contributed by atoms with Gasteiger partial charge in [-0.15, -0.1) is 0 Å². The van der Waals surface area contributed by atoms with Crippen molar-refractivity contribution in [2.24, 2.45) is 0 Å². The standard InChI is InChI=1S/C15H14BrFO3/c1-19-13-6-4-10(17)8-11(13)15(18)9-3-5-14(20-2)12(16)7-9/h3-8,15,18H,1-2H3. The van der Waals surface area contributed by atoms with Gasteiger partial charge in [-0.2, -0.15) is 0 Å². The molecular weight excluding hydrogens is 327 g/mol. The van der Waals surface area contributed by atoms with Crippen LogP contribution in [0.3, 0.4) is 0 Å². The van der Waals surface area contributed by atoms with Gasteiger partial charge >= 0.3 is 0 Å². The molecule has 0 heterocycles. The second-order valence-corrected chi connectivity index (χ2v) is 5.04. The van der Waals surface area contributed by atoms with E-state index in [1.165, 1.54) is 25.3 Å². The summed E-state index contributed by atoms with van der Waals surface area (Å²) in [5.41, 5.74) is 0.992. The van der Waals surface area contributed by atoms with Crippen molar-refractivity contribution in [1.29, 1.82) is 0 Å². The molecule has 0 aliphatic rings. The van der Waals surface area contributed by atoms with Crippen molar-refractivity contribution in [2.75, 3.05) is 14.2 Å². The predicted octanol–water partition coefficient (Wildman–Crippen LogP) is 3.69. The molecule has 0 aromatic heterocycles. The summed E-state index contributed by atoms with van der Waals surface area (Å²) in [6.07, 6.45) is -0.983. The highest BCUT2D eigenvalue weighted by molar-refractivity contribution is 9.10. The van der Waals surface area contributed by atoms with Crippen LogP contribution in [0.15, 0.2) is 40.9 Å². The van der Waals surface area contributed by atoms with Crippen LogP contribution < -0.4 is 9.47 Å². The summed E-state index contributed by atoms with van der Waals surface area (Å²) in [7, 11) is 3.04. The first-order valence-corrected chi connectivity index (χ1v) is 6.71. The van der Waals surface area contributed by atoms with Crippen molar-refractivity contribution < 1.29 is 19.0 Å². The zero-order valence-corrected chi connectivity index (χ0v) is 12.6. The number of benzene rings is 2. The molecule has 0 saturated heterocycles. The molecule has 106 valence electrons. The Morgan fingerprint density at radius 3 is 2.30 bits per heavy atom. The van der Waals surface area contributed by atoms with Gasteiger partial charge < -0.3 is 14.6 Å². The SMILES string of the molecule is COc1ccc(C(O)c2cc(F)ccc2OC)cc1Br. The normalized spacial score (nSPS) is 12.1. The van der Waals surface area contributed by atoms with Gasteiger partial charge in [-0.05, 0) is 51.8 Å². The van der Waals surface area contributed by atoms with Crippen LogP contribution >= 0.6 is 15.9 Å². The molecule has 0 radical (unpaired) electrons. The lowest BCUT2D eigenvalue weighted by Gasteiger charge is -2.16. The molecule has 0 amide bonds. The van der Waals surface area contributed by atoms with Gasteiger partial charge in [0.1, 0.15) is 23.4 Å². The summed E-state index contributed by atoms with van der Waals surface area (Å²) in [5, 5.41) is 10.4. The van der Waals surface area contributed by atoms with Crippen LogP contribution in [-0.4, -0.2) is 19.3 Å². The highest BCUT2D eigenvalue weighted by Crippen LogP contribution is 2.34. The van der Waals surface area contributed by atoms with Gasteiger partial charge in [-0.25, -0.2) is 4.39 Å². The Balaban J connectivity index is 2.43. The molecule has 1 atom stereocenters. The van der Waals surface area contributed by atoms with Crippen LogP contribution in [0, 0.1) is 5.82 Å².